The van der Waals surface area contributed by atoms with Gasteiger partial charge < -0.3 is 10.6 Å². The summed E-state index contributed by atoms with van der Waals surface area (Å²) >= 11 is 0. The van der Waals surface area contributed by atoms with E-state index in [4.69, 9.17) is 0 Å². The summed E-state index contributed by atoms with van der Waals surface area (Å²) in [7, 11) is 0. The molecule has 0 saturated heterocycles. The van der Waals surface area contributed by atoms with Crippen molar-refractivity contribution in [2.45, 2.75) is 63.6 Å². The molecule has 1 atom stereocenters. The summed E-state index contributed by atoms with van der Waals surface area (Å²) in [5, 5.41) is 11.2. The first kappa shape index (κ1) is 16.8. The number of amides is 2. The Morgan fingerprint density at radius 3 is 2.56 bits per heavy atom. The molecule has 0 unspecified atom stereocenters. The van der Waals surface area contributed by atoms with Gasteiger partial charge in [0.05, 0.1) is 18.8 Å². The summed E-state index contributed by atoms with van der Waals surface area (Å²) in [6.07, 6.45) is 10.2. The molecule has 0 bridgehead atoms. The second kappa shape index (κ2) is 7.02. The first-order valence-electron chi connectivity index (χ1n) is 10.4. The Morgan fingerprint density at radius 2 is 1.85 bits per heavy atom. The lowest BCUT2D eigenvalue weighted by Gasteiger charge is -2.26. The van der Waals surface area contributed by atoms with Gasteiger partial charge in [-0.25, -0.2) is 4.79 Å². The van der Waals surface area contributed by atoms with Gasteiger partial charge in [-0.2, -0.15) is 5.10 Å². The number of aromatic nitrogens is 2. The van der Waals surface area contributed by atoms with Crippen molar-refractivity contribution >= 4 is 6.03 Å². The van der Waals surface area contributed by atoms with Crippen LogP contribution in [0.4, 0.5) is 4.79 Å². The maximum Gasteiger partial charge on any atom is 0.315 e. The Kier molecular flexibility index (Phi) is 4.38. The number of fused-ring (bicyclic) bond motifs is 1. The van der Waals surface area contributed by atoms with E-state index in [9.17, 15) is 4.79 Å². The van der Waals surface area contributed by atoms with Gasteiger partial charge in [0.2, 0.25) is 0 Å². The molecule has 1 aromatic carbocycles. The highest BCUT2D eigenvalue weighted by Gasteiger charge is 2.42. The topological polar surface area (TPSA) is 59.0 Å². The van der Waals surface area contributed by atoms with E-state index >= 15 is 0 Å². The van der Waals surface area contributed by atoms with Gasteiger partial charge in [-0.3, -0.25) is 4.68 Å². The maximum atomic E-state index is 12.6. The number of urea groups is 1. The zero-order chi connectivity index (χ0) is 18.2. The minimum atomic E-state index is 0.00691. The number of hydrogen-bond donors (Lipinski definition) is 2. The molecule has 2 N–H and O–H groups in total. The molecule has 1 heterocycles. The summed E-state index contributed by atoms with van der Waals surface area (Å²) < 4.78 is 2.10. The third kappa shape index (κ3) is 3.73. The molecule has 2 fully saturated rings. The number of carbonyl (C=O) groups excluding carboxylic acids is 1. The van der Waals surface area contributed by atoms with Crippen molar-refractivity contribution in [3.05, 3.63) is 53.3 Å². The first-order chi connectivity index (χ1) is 13.3. The monoisotopic (exact) mass is 364 g/mol. The summed E-state index contributed by atoms with van der Waals surface area (Å²) in [5.74, 6) is 1.44. The minimum Gasteiger partial charge on any atom is -0.335 e. The smallest absolute Gasteiger partial charge is 0.315 e. The van der Waals surface area contributed by atoms with Gasteiger partial charge in [0.1, 0.15) is 0 Å². The average molecular weight is 364 g/mol. The molecule has 5 heteroatoms. The molecule has 27 heavy (non-hydrogen) atoms. The highest BCUT2D eigenvalue weighted by Crippen LogP contribution is 2.44. The van der Waals surface area contributed by atoms with E-state index in [1.807, 2.05) is 12.3 Å². The van der Waals surface area contributed by atoms with Crippen molar-refractivity contribution in [3.8, 4) is 0 Å². The fourth-order valence-electron chi connectivity index (χ4n) is 4.54. The van der Waals surface area contributed by atoms with Crippen LogP contribution in [0.25, 0.3) is 0 Å². The predicted octanol–water partition coefficient (Wildman–Crippen LogP) is 3.80. The third-order valence-electron chi connectivity index (χ3n) is 6.30. The van der Waals surface area contributed by atoms with Gasteiger partial charge in [-0.1, -0.05) is 30.3 Å². The third-order valence-corrected chi connectivity index (χ3v) is 6.30. The first-order valence-corrected chi connectivity index (χ1v) is 10.4. The number of benzene rings is 1. The molecule has 0 radical (unpaired) electrons. The van der Waals surface area contributed by atoms with Gasteiger partial charge in [0.25, 0.3) is 0 Å². The fraction of sp³-hybridized carbons (Fsp3) is 0.545. The van der Waals surface area contributed by atoms with Crippen LogP contribution in [0.15, 0.2) is 36.5 Å². The minimum absolute atomic E-state index is 0.00691. The molecule has 2 saturated carbocycles. The van der Waals surface area contributed by atoms with Crippen molar-refractivity contribution in [3.63, 3.8) is 0 Å². The highest BCUT2D eigenvalue weighted by molar-refractivity contribution is 5.75. The molecule has 5 rings (SSSR count). The zero-order valence-electron chi connectivity index (χ0n) is 15.7. The van der Waals surface area contributed by atoms with Crippen LogP contribution >= 0.6 is 0 Å². The highest BCUT2D eigenvalue weighted by atomic mass is 16.2. The van der Waals surface area contributed by atoms with Crippen molar-refractivity contribution in [2.75, 3.05) is 0 Å². The molecule has 5 nitrogen and oxygen atoms in total. The van der Waals surface area contributed by atoms with Gasteiger partial charge in [-0.15, -0.1) is 0 Å². The van der Waals surface area contributed by atoms with Crippen LogP contribution in [-0.4, -0.2) is 21.9 Å². The van der Waals surface area contributed by atoms with E-state index in [-0.39, 0.29) is 12.1 Å². The number of carbonyl (C=O) groups is 1. The van der Waals surface area contributed by atoms with Gasteiger partial charge in [0, 0.05) is 17.3 Å². The van der Waals surface area contributed by atoms with Crippen LogP contribution in [0.5, 0.6) is 0 Å². The number of hydrogen-bond acceptors (Lipinski definition) is 2. The summed E-state index contributed by atoms with van der Waals surface area (Å²) in [6.45, 7) is 0.792. The van der Waals surface area contributed by atoms with Gasteiger partial charge in [-0.05, 0) is 62.3 Å². The number of rotatable bonds is 6. The van der Waals surface area contributed by atoms with Crippen LogP contribution in [0.3, 0.4) is 0 Å². The van der Waals surface area contributed by atoms with Crippen LogP contribution < -0.4 is 10.6 Å². The SMILES string of the molecule is O=C(NC(C1CC1)C1CC1)N[C@H]1CCCc2c1cnn2Cc1ccccc1. The molecule has 2 amide bonds. The molecule has 0 aliphatic heterocycles. The quantitative estimate of drug-likeness (QED) is 0.819. The van der Waals surface area contributed by atoms with Crippen molar-refractivity contribution < 1.29 is 4.79 Å². The second-order valence-electron chi connectivity index (χ2n) is 8.45. The lowest BCUT2D eigenvalue weighted by Crippen LogP contribution is -2.45. The summed E-state index contributed by atoms with van der Waals surface area (Å²) in [6, 6.07) is 10.9. The summed E-state index contributed by atoms with van der Waals surface area (Å²) in [5.41, 5.74) is 3.73. The van der Waals surface area contributed by atoms with Crippen molar-refractivity contribution in [1.29, 1.82) is 0 Å². The van der Waals surface area contributed by atoms with Crippen LogP contribution in [0.2, 0.25) is 0 Å². The summed E-state index contributed by atoms with van der Waals surface area (Å²) in [4.78, 5) is 12.6. The largest absolute Gasteiger partial charge is 0.335 e. The Bertz CT molecular complexity index is 795. The van der Waals surface area contributed by atoms with Crippen LogP contribution in [0.1, 0.15) is 61.4 Å². The zero-order valence-corrected chi connectivity index (χ0v) is 15.7. The van der Waals surface area contributed by atoms with E-state index in [2.05, 4.69) is 44.7 Å². The van der Waals surface area contributed by atoms with Crippen LogP contribution in [0, 0.1) is 11.8 Å². The standard InChI is InChI=1S/C22H28N4O/c27-22(25-21(16-9-10-16)17-11-12-17)24-19-7-4-8-20-18(19)13-23-26(20)14-15-5-2-1-3-6-15/h1-3,5-6,13,16-17,19,21H,4,7-12,14H2,(H2,24,25,27)/t19-/m0/s1. The fourth-order valence-corrected chi connectivity index (χ4v) is 4.54. The molecule has 1 aromatic heterocycles. The maximum absolute atomic E-state index is 12.6. The van der Waals surface area contributed by atoms with E-state index < -0.39 is 0 Å². The van der Waals surface area contributed by atoms with Crippen LogP contribution in [-0.2, 0) is 13.0 Å². The Balaban J connectivity index is 1.26. The van der Waals surface area contributed by atoms with Gasteiger partial charge >= 0.3 is 6.03 Å². The molecule has 142 valence electrons. The second-order valence-corrected chi connectivity index (χ2v) is 8.45. The molecular weight excluding hydrogens is 336 g/mol. The van der Waals surface area contributed by atoms with Crippen molar-refractivity contribution in [1.82, 2.24) is 20.4 Å². The predicted molar refractivity (Wildman–Crippen MR) is 104 cm³/mol. The van der Waals surface area contributed by atoms with Crippen molar-refractivity contribution in [2.24, 2.45) is 11.8 Å². The molecule has 2 aromatic rings. The Morgan fingerprint density at radius 1 is 1.11 bits per heavy atom. The number of nitrogens with zero attached hydrogens (tertiary/aromatic N) is 2. The Hall–Kier alpha value is -2.30. The average Bonchev–Trinajstić information content (AvgIpc) is 3.60. The molecule has 3 aliphatic rings. The lowest BCUT2D eigenvalue weighted by molar-refractivity contribution is 0.228. The van der Waals surface area contributed by atoms with E-state index in [0.717, 1.165) is 37.6 Å². The van der Waals surface area contributed by atoms with E-state index in [0.29, 0.717) is 6.04 Å². The van der Waals surface area contributed by atoms with Gasteiger partial charge in [0.15, 0.2) is 0 Å². The normalized spacial score (nSPS) is 21.7. The van der Waals surface area contributed by atoms with E-state index in [1.165, 1.54) is 42.5 Å². The van der Waals surface area contributed by atoms with E-state index in [1.54, 1.807) is 0 Å². The molecular formula is C22H28N4O. The molecule has 0 spiro atoms. The number of nitrogens with one attached hydrogen (secondary N) is 2. The molecule has 3 aliphatic carbocycles. The Labute approximate surface area is 160 Å². The lowest BCUT2D eigenvalue weighted by atomic mass is 9.93.